The Morgan fingerprint density at radius 3 is 2.57 bits per heavy atom. The molecular weight excluding hydrogens is 686 g/mol. The number of benzene rings is 4. The fourth-order valence-corrected chi connectivity index (χ4v) is 7.81. The van der Waals surface area contributed by atoms with Crippen LogP contribution in [0.1, 0.15) is 63.6 Å². The molecule has 1 aliphatic heterocycles. The van der Waals surface area contributed by atoms with Crippen molar-refractivity contribution >= 4 is 50.0 Å². The second-order valence-corrected chi connectivity index (χ2v) is 15.3. The maximum absolute atomic E-state index is 14.7. The van der Waals surface area contributed by atoms with Crippen molar-refractivity contribution in [1.82, 2.24) is 20.0 Å². The number of ketones is 1. The first-order valence-corrected chi connectivity index (χ1v) is 19.0. The van der Waals surface area contributed by atoms with Crippen LogP contribution in [0.4, 0.5) is 5.95 Å². The molecule has 51 heavy (non-hydrogen) atoms. The van der Waals surface area contributed by atoms with E-state index in [4.69, 9.17) is 16.6 Å². The minimum absolute atomic E-state index is 0.0297. The zero-order valence-corrected chi connectivity index (χ0v) is 29.7. The molecule has 7 rings (SSSR count). The number of carbonyl (C=O) groups excluding carboxylic acids is 2. The summed E-state index contributed by atoms with van der Waals surface area (Å²) in [6.07, 6.45) is 5.17. The Morgan fingerprint density at radius 2 is 1.80 bits per heavy atom. The lowest BCUT2D eigenvalue weighted by molar-refractivity contribution is 0.0981. The Bertz CT molecular complexity index is 2260. The highest BCUT2D eigenvalue weighted by atomic mass is 35.5. The van der Waals surface area contributed by atoms with Gasteiger partial charge < -0.3 is 15.3 Å². The van der Waals surface area contributed by atoms with Crippen LogP contribution >= 0.6 is 11.6 Å². The van der Waals surface area contributed by atoms with E-state index in [2.05, 4.69) is 26.8 Å². The van der Waals surface area contributed by atoms with Gasteiger partial charge in [0.05, 0.1) is 28.4 Å². The molecule has 2 aliphatic rings. The van der Waals surface area contributed by atoms with Crippen LogP contribution in [0.25, 0.3) is 22.0 Å². The van der Waals surface area contributed by atoms with Gasteiger partial charge >= 0.3 is 0 Å². The normalized spacial score (nSPS) is 15.7. The highest BCUT2D eigenvalue weighted by Crippen LogP contribution is 2.35. The second-order valence-electron chi connectivity index (χ2n) is 13.2. The molecule has 5 aromatic rings. The van der Waals surface area contributed by atoms with Gasteiger partial charge in [0, 0.05) is 47.9 Å². The van der Waals surface area contributed by atoms with Crippen molar-refractivity contribution in [2.45, 2.75) is 50.1 Å². The lowest BCUT2D eigenvalue weighted by Gasteiger charge is -2.26. The summed E-state index contributed by atoms with van der Waals surface area (Å²) in [4.78, 5) is 39.8. The molecule has 1 fully saturated rings. The number of nitrogens with one attached hydrogen (secondary N) is 2. The van der Waals surface area contributed by atoms with Crippen LogP contribution in [0.15, 0.2) is 90.0 Å². The molecule has 1 atom stereocenters. The lowest BCUT2D eigenvalue weighted by Crippen LogP contribution is -2.39. The Morgan fingerprint density at radius 1 is 1.00 bits per heavy atom. The van der Waals surface area contributed by atoms with Crippen LogP contribution < -0.4 is 14.9 Å². The van der Waals surface area contributed by atoms with Crippen molar-refractivity contribution in [3.05, 3.63) is 118 Å². The van der Waals surface area contributed by atoms with Crippen LogP contribution in [0.2, 0.25) is 5.02 Å². The number of aliphatic hydroxyl groups excluding tert-OH is 1. The van der Waals surface area contributed by atoms with Gasteiger partial charge in [0.25, 0.3) is 15.9 Å². The van der Waals surface area contributed by atoms with Gasteiger partial charge in [-0.25, -0.2) is 23.1 Å². The topological polar surface area (TPSA) is 142 Å². The van der Waals surface area contributed by atoms with Crippen LogP contribution in [-0.2, 0) is 23.0 Å². The summed E-state index contributed by atoms with van der Waals surface area (Å²) in [5.41, 5.74) is 2.97. The molecule has 1 aromatic heterocycles. The summed E-state index contributed by atoms with van der Waals surface area (Å²) in [5.74, 6) is -0.191. The molecule has 1 saturated carbocycles. The molecule has 3 N–H and O–H groups in total. The Labute approximate surface area is 301 Å². The van der Waals surface area contributed by atoms with Gasteiger partial charge in [-0.2, -0.15) is 0 Å². The van der Waals surface area contributed by atoms with Crippen molar-refractivity contribution in [3.63, 3.8) is 0 Å². The number of aliphatic hydroxyl groups is 1. The van der Waals surface area contributed by atoms with Crippen LogP contribution in [-0.4, -0.2) is 60.9 Å². The van der Waals surface area contributed by atoms with Crippen LogP contribution in [0.3, 0.4) is 0 Å². The molecule has 10 nitrogen and oxygen atoms in total. The van der Waals surface area contributed by atoms with Crippen LogP contribution in [0, 0.1) is 5.92 Å². The fourth-order valence-electron chi connectivity index (χ4n) is 6.61. The molecule has 4 aromatic carbocycles. The summed E-state index contributed by atoms with van der Waals surface area (Å²) in [5, 5.41) is 15.0. The number of carbonyl (C=O) groups is 2. The molecule has 2 heterocycles. The first kappa shape index (κ1) is 34.8. The molecule has 0 saturated heterocycles. The van der Waals surface area contributed by atoms with E-state index in [-0.39, 0.29) is 39.5 Å². The fraction of sp³-hybridized carbons (Fsp3) is 0.282. The van der Waals surface area contributed by atoms with E-state index in [0.717, 1.165) is 48.9 Å². The van der Waals surface area contributed by atoms with Crippen molar-refractivity contribution in [2.75, 3.05) is 24.6 Å². The second kappa shape index (κ2) is 14.5. The third-order valence-electron chi connectivity index (χ3n) is 9.49. The quantitative estimate of drug-likeness (QED) is 0.134. The van der Waals surface area contributed by atoms with E-state index < -0.39 is 15.9 Å². The number of aromatic nitrogens is 2. The number of hydrogen-bond donors (Lipinski definition) is 3. The smallest absolute Gasteiger partial charge is 0.265 e. The summed E-state index contributed by atoms with van der Waals surface area (Å²) in [6.45, 7) is 4.06. The molecule has 1 amide bonds. The van der Waals surface area contributed by atoms with Gasteiger partial charge in [-0.15, -0.1) is 0 Å². The lowest BCUT2D eigenvalue weighted by atomic mass is 9.86. The van der Waals surface area contributed by atoms with E-state index >= 15 is 0 Å². The van der Waals surface area contributed by atoms with Crippen molar-refractivity contribution in [3.8, 4) is 11.3 Å². The third-order valence-corrected chi connectivity index (χ3v) is 11.1. The average Bonchev–Trinajstić information content (AvgIpc) is 3.97. The highest BCUT2D eigenvalue weighted by Gasteiger charge is 2.29. The number of amides is 1. The predicted octanol–water partition coefficient (Wildman–Crippen LogP) is 5.93. The minimum atomic E-state index is -4.26. The molecule has 1 aliphatic carbocycles. The van der Waals surface area contributed by atoms with Crippen molar-refractivity contribution < 1.29 is 23.1 Å². The molecule has 0 bridgehead atoms. The number of nitrogens with zero attached hydrogens (tertiary/aromatic N) is 3. The standard InChI is InChI=1S/C39H38ClN5O5S/c1-2-16-45(22-24-10-11-24)39-42-21-35(40)36(43-39)31-15-13-27(38(48)44-51(49,50)30-14-12-25-6-3-4-7-26(25)17-30)18-34(31)37(47)32-9-5-8-28-20-41-29(23-46)19-33(28)32/h3-9,12-15,17-18,21,24,29,41,46H,2,10-11,16,19-20,22-23H2,1H3,(H,44,48). The van der Waals surface area contributed by atoms with E-state index in [1.807, 2.05) is 24.3 Å². The summed E-state index contributed by atoms with van der Waals surface area (Å²) >= 11 is 6.76. The van der Waals surface area contributed by atoms with E-state index in [1.165, 1.54) is 30.5 Å². The van der Waals surface area contributed by atoms with Crippen LogP contribution in [0.5, 0.6) is 0 Å². The first-order valence-electron chi connectivity index (χ1n) is 17.1. The number of sulfonamides is 1. The zero-order chi connectivity index (χ0) is 35.7. The number of hydrogen-bond acceptors (Lipinski definition) is 9. The Balaban J connectivity index is 1.30. The number of anilines is 1. The van der Waals surface area contributed by atoms with Gasteiger partial charge in [0.1, 0.15) is 0 Å². The summed E-state index contributed by atoms with van der Waals surface area (Å²) in [6, 6.07) is 21.7. The van der Waals surface area contributed by atoms with Gasteiger partial charge in [0.2, 0.25) is 5.95 Å². The number of rotatable bonds is 12. The van der Waals surface area contributed by atoms with Gasteiger partial charge in [0.15, 0.2) is 5.78 Å². The first-order chi connectivity index (χ1) is 24.6. The molecule has 262 valence electrons. The summed E-state index contributed by atoms with van der Waals surface area (Å²) in [7, 11) is -4.26. The number of fused-ring (bicyclic) bond motifs is 2. The van der Waals surface area contributed by atoms with E-state index in [9.17, 15) is 23.1 Å². The zero-order valence-electron chi connectivity index (χ0n) is 28.1. The Hall–Kier alpha value is -4.68. The largest absolute Gasteiger partial charge is 0.395 e. The average molecular weight is 724 g/mol. The maximum atomic E-state index is 14.7. The summed E-state index contributed by atoms with van der Waals surface area (Å²) < 4.78 is 29.0. The number of halogens is 1. The molecule has 0 spiro atoms. The minimum Gasteiger partial charge on any atom is -0.395 e. The van der Waals surface area contributed by atoms with E-state index in [0.29, 0.717) is 47.0 Å². The Kier molecular flexibility index (Phi) is 9.89. The highest BCUT2D eigenvalue weighted by molar-refractivity contribution is 7.90. The molecule has 12 heteroatoms. The van der Waals surface area contributed by atoms with Gasteiger partial charge in [-0.1, -0.05) is 73.1 Å². The van der Waals surface area contributed by atoms with Gasteiger partial charge in [-0.3, -0.25) is 9.59 Å². The van der Waals surface area contributed by atoms with Gasteiger partial charge in [-0.05, 0) is 77.8 Å². The SMILES string of the molecule is CCCN(CC1CC1)c1ncc(Cl)c(-c2ccc(C(=O)NS(=O)(=O)c3ccc4ccccc4c3)cc2C(=O)c2cccc3c2CC(CO)NC3)n1. The van der Waals surface area contributed by atoms with Crippen molar-refractivity contribution in [1.29, 1.82) is 0 Å². The van der Waals surface area contributed by atoms with Crippen molar-refractivity contribution in [2.24, 2.45) is 5.92 Å². The predicted molar refractivity (Wildman–Crippen MR) is 198 cm³/mol. The molecular formula is C39H38ClN5O5S. The van der Waals surface area contributed by atoms with E-state index in [1.54, 1.807) is 30.3 Å². The molecule has 0 radical (unpaired) electrons. The molecule has 1 unspecified atom stereocenters. The monoisotopic (exact) mass is 723 g/mol. The maximum Gasteiger partial charge on any atom is 0.265 e. The third kappa shape index (κ3) is 7.38.